The van der Waals surface area contributed by atoms with E-state index in [1.165, 1.54) is 32.0 Å². The lowest BCUT2D eigenvalue weighted by molar-refractivity contribution is 0.0973. The molecule has 20 heavy (non-hydrogen) atoms. The predicted molar refractivity (Wildman–Crippen MR) is 75.6 cm³/mol. The maximum absolute atomic E-state index is 13.8. The van der Waals surface area contributed by atoms with Crippen LogP contribution in [0.15, 0.2) is 16.7 Å². The molecule has 3 saturated heterocycles. The van der Waals surface area contributed by atoms with Crippen LogP contribution in [0.2, 0.25) is 5.02 Å². The van der Waals surface area contributed by atoms with Crippen LogP contribution >= 0.6 is 11.6 Å². The number of nitrogens with zero attached hydrogens (tertiary/aromatic N) is 2. The number of aromatic nitrogens is 1. The Balaban J connectivity index is 1.65. The second-order valence-electron chi connectivity index (χ2n) is 5.66. The van der Waals surface area contributed by atoms with E-state index in [4.69, 9.17) is 16.1 Å². The zero-order valence-electron chi connectivity index (χ0n) is 10.9. The molecule has 4 nitrogen and oxygen atoms in total. The molecule has 1 N–H and O–H groups in total. The van der Waals surface area contributed by atoms with E-state index in [1.807, 2.05) is 0 Å². The lowest BCUT2D eigenvalue weighted by Crippen LogP contribution is -2.53. The fourth-order valence-corrected chi connectivity index (χ4v) is 3.51. The van der Waals surface area contributed by atoms with Crippen molar-refractivity contribution < 1.29 is 8.91 Å². The number of anilines is 1. The van der Waals surface area contributed by atoms with Crippen LogP contribution in [0.25, 0.3) is 11.0 Å². The van der Waals surface area contributed by atoms with Gasteiger partial charge in [0.2, 0.25) is 5.58 Å². The summed E-state index contributed by atoms with van der Waals surface area (Å²) in [6.45, 7) is 3.40. The van der Waals surface area contributed by atoms with Gasteiger partial charge in [-0.05, 0) is 44.0 Å². The fraction of sp³-hybridized carbons (Fsp3) is 0.500. The van der Waals surface area contributed by atoms with Crippen molar-refractivity contribution in [3.63, 3.8) is 0 Å². The molecule has 2 aromatic rings. The summed E-state index contributed by atoms with van der Waals surface area (Å²) >= 11 is 5.75. The molecule has 6 heteroatoms. The number of benzene rings is 1. The van der Waals surface area contributed by atoms with E-state index in [0.717, 1.165) is 6.54 Å². The average molecular weight is 296 g/mol. The van der Waals surface area contributed by atoms with Crippen LogP contribution < -0.4 is 5.32 Å². The van der Waals surface area contributed by atoms with Crippen molar-refractivity contribution >= 4 is 28.4 Å². The Bertz CT molecular complexity index is 651. The molecular weight excluding hydrogens is 281 g/mol. The van der Waals surface area contributed by atoms with E-state index in [-0.39, 0.29) is 10.6 Å². The van der Waals surface area contributed by atoms with Crippen LogP contribution in [0.3, 0.4) is 0 Å². The van der Waals surface area contributed by atoms with E-state index in [0.29, 0.717) is 23.2 Å². The summed E-state index contributed by atoms with van der Waals surface area (Å²) in [5.74, 6) is 0.747. The lowest BCUT2D eigenvalue weighted by atomic mass is 9.84. The number of nitrogens with one attached hydrogen (secondary N) is 1. The largest absolute Gasteiger partial charge is 0.362 e. The molecule has 4 heterocycles. The highest BCUT2D eigenvalue weighted by molar-refractivity contribution is 6.31. The zero-order valence-corrected chi connectivity index (χ0v) is 11.7. The molecule has 0 spiro atoms. The molecule has 2 bridgehead atoms. The Hall–Kier alpha value is -1.33. The summed E-state index contributed by atoms with van der Waals surface area (Å²) in [6, 6.07) is 3.66. The van der Waals surface area contributed by atoms with E-state index >= 15 is 0 Å². The molecule has 0 aliphatic carbocycles. The monoisotopic (exact) mass is 295 g/mol. The van der Waals surface area contributed by atoms with Gasteiger partial charge < -0.3 is 14.7 Å². The Kier molecular flexibility index (Phi) is 2.86. The van der Waals surface area contributed by atoms with Crippen molar-refractivity contribution in [2.45, 2.75) is 18.9 Å². The van der Waals surface area contributed by atoms with Gasteiger partial charge in [-0.15, -0.1) is 0 Å². The molecule has 0 radical (unpaired) electrons. The predicted octanol–water partition coefficient (Wildman–Crippen LogP) is 3.13. The quantitative estimate of drug-likeness (QED) is 0.924. The number of hydrogen-bond donors (Lipinski definition) is 1. The van der Waals surface area contributed by atoms with Gasteiger partial charge in [0.25, 0.3) is 0 Å². The van der Waals surface area contributed by atoms with Crippen LogP contribution in [0, 0.1) is 11.7 Å². The Morgan fingerprint density at radius 3 is 2.85 bits per heavy atom. The first-order valence-electron chi connectivity index (χ1n) is 6.94. The number of fused-ring (bicyclic) bond motifs is 4. The molecule has 3 aliphatic heterocycles. The summed E-state index contributed by atoms with van der Waals surface area (Å²) < 4.78 is 18.9. The Morgan fingerprint density at radius 1 is 1.35 bits per heavy atom. The van der Waals surface area contributed by atoms with E-state index in [2.05, 4.69) is 15.4 Å². The molecular formula is C14H15ClFN3O. The first-order chi connectivity index (χ1) is 9.72. The van der Waals surface area contributed by atoms with E-state index < -0.39 is 5.82 Å². The number of halogens is 2. The van der Waals surface area contributed by atoms with Crippen LogP contribution in [-0.4, -0.2) is 35.7 Å². The normalized spacial score (nSPS) is 29.0. The SMILES string of the molecule is Fc1c(Cl)ccc2c(NC3CN4CCC3CC4)noc12. The van der Waals surface area contributed by atoms with Gasteiger partial charge in [-0.2, -0.15) is 0 Å². The first-order valence-corrected chi connectivity index (χ1v) is 7.32. The standard InChI is InChI=1S/C14H15ClFN3O/c15-10-2-1-9-13(12(10)16)20-18-14(9)17-11-7-19-5-3-8(11)4-6-19/h1-2,8,11H,3-7H2,(H,17,18). The van der Waals surface area contributed by atoms with E-state index in [9.17, 15) is 4.39 Å². The molecule has 1 aromatic heterocycles. The lowest BCUT2D eigenvalue weighted by Gasteiger charge is -2.44. The third-order valence-electron chi connectivity index (χ3n) is 4.51. The van der Waals surface area contributed by atoms with Gasteiger partial charge in [0, 0.05) is 12.6 Å². The average Bonchev–Trinajstić information content (AvgIpc) is 2.88. The van der Waals surface area contributed by atoms with Crippen molar-refractivity contribution in [1.82, 2.24) is 10.1 Å². The van der Waals surface area contributed by atoms with Gasteiger partial charge in [0.1, 0.15) is 0 Å². The summed E-state index contributed by atoms with van der Waals surface area (Å²) in [5.41, 5.74) is 0.126. The van der Waals surface area contributed by atoms with Crippen LogP contribution in [-0.2, 0) is 0 Å². The molecule has 1 unspecified atom stereocenters. The zero-order chi connectivity index (χ0) is 13.7. The van der Waals surface area contributed by atoms with Gasteiger partial charge in [0.05, 0.1) is 10.4 Å². The van der Waals surface area contributed by atoms with Gasteiger partial charge >= 0.3 is 0 Å². The van der Waals surface area contributed by atoms with Crippen LogP contribution in [0.5, 0.6) is 0 Å². The van der Waals surface area contributed by atoms with Crippen molar-refractivity contribution in [2.75, 3.05) is 25.0 Å². The van der Waals surface area contributed by atoms with Crippen LogP contribution in [0.1, 0.15) is 12.8 Å². The first kappa shape index (κ1) is 12.4. The molecule has 5 rings (SSSR count). The maximum Gasteiger partial charge on any atom is 0.206 e. The van der Waals surface area contributed by atoms with Crippen molar-refractivity contribution in [2.24, 2.45) is 5.92 Å². The molecule has 106 valence electrons. The highest BCUT2D eigenvalue weighted by Gasteiger charge is 2.34. The highest BCUT2D eigenvalue weighted by atomic mass is 35.5. The number of hydrogen-bond acceptors (Lipinski definition) is 4. The van der Waals surface area contributed by atoms with Crippen molar-refractivity contribution in [1.29, 1.82) is 0 Å². The molecule has 3 fully saturated rings. The molecule has 0 saturated carbocycles. The minimum Gasteiger partial charge on any atom is -0.362 e. The van der Waals surface area contributed by atoms with Gasteiger partial charge in [-0.3, -0.25) is 0 Å². The third-order valence-corrected chi connectivity index (χ3v) is 4.80. The molecule has 0 amide bonds. The smallest absolute Gasteiger partial charge is 0.206 e. The van der Waals surface area contributed by atoms with Crippen molar-refractivity contribution in [3.8, 4) is 0 Å². The summed E-state index contributed by atoms with van der Waals surface area (Å²) in [7, 11) is 0. The topological polar surface area (TPSA) is 41.3 Å². The minimum atomic E-state index is -0.543. The summed E-state index contributed by atoms with van der Waals surface area (Å²) in [6.07, 6.45) is 2.43. The number of piperidine rings is 3. The summed E-state index contributed by atoms with van der Waals surface area (Å²) in [4.78, 5) is 2.46. The van der Waals surface area contributed by atoms with Gasteiger partial charge in [-0.25, -0.2) is 4.39 Å². The number of rotatable bonds is 2. The van der Waals surface area contributed by atoms with Gasteiger partial charge in [0.15, 0.2) is 11.6 Å². The highest BCUT2D eigenvalue weighted by Crippen LogP contribution is 2.33. The molecule has 1 atom stereocenters. The van der Waals surface area contributed by atoms with Crippen molar-refractivity contribution in [3.05, 3.63) is 23.0 Å². The maximum atomic E-state index is 13.8. The fourth-order valence-electron chi connectivity index (χ4n) is 3.36. The summed E-state index contributed by atoms with van der Waals surface area (Å²) in [5, 5.41) is 8.11. The second-order valence-corrected chi connectivity index (χ2v) is 6.07. The van der Waals surface area contributed by atoms with Gasteiger partial charge in [-0.1, -0.05) is 16.8 Å². The van der Waals surface area contributed by atoms with E-state index in [1.54, 1.807) is 6.07 Å². The minimum absolute atomic E-state index is 0.0584. The second kappa shape index (κ2) is 4.60. The Labute approximate surface area is 120 Å². The molecule has 3 aliphatic rings. The third kappa shape index (κ3) is 1.88. The van der Waals surface area contributed by atoms with Crippen LogP contribution in [0.4, 0.5) is 10.2 Å². The molecule has 1 aromatic carbocycles. The Morgan fingerprint density at radius 2 is 2.15 bits per heavy atom.